The minimum Gasteiger partial charge on any atom is -1.00 e. The van der Waals surface area contributed by atoms with E-state index in [9.17, 15) is 36.7 Å². The van der Waals surface area contributed by atoms with Crippen LogP contribution in [0.2, 0.25) is 0 Å². The molecular weight excluding hydrogens is 351 g/mol. The largest absolute Gasteiger partial charge is 1.00 e. The van der Waals surface area contributed by atoms with Crippen LogP contribution in [-0.2, 0) is 19.2 Å². The Labute approximate surface area is 145 Å². The van der Waals surface area contributed by atoms with Crippen LogP contribution in [0.25, 0.3) is 0 Å². The summed E-state index contributed by atoms with van der Waals surface area (Å²) in [6.07, 6.45) is -7.99. The molecule has 0 atom stereocenters. The van der Waals surface area contributed by atoms with Crippen molar-refractivity contribution in [3.63, 3.8) is 0 Å². The zero-order valence-corrected chi connectivity index (χ0v) is 13.2. The quantitative estimate of drug-likeness (QED) is 0.469. The summed E-state index contributed by atoms with van der Waals surface area (Å²) in [4.78, 5) is 42.0. The first kappa shape index (κ1) is 34.6. The fourth-order valence-corrected chi connectivity index (χ4v) is 0.906. The second kappa shape index (κ2) is 17.2. The van der Waals surface area contributed by atoms with E-state index in [1.165, 1.54) is 0 Å². The highest BCUT2D eigenvalue weighted by Crippen LogP contribution is 2.05. The third-order valence-corrected chi connectivity index (χ3v) is 2.47. The van der Waals surface area contributed by atoms with E-state index in [4.69, 9.17) is 0 Å². The first-order valence-corrected chi connectivity index (χ1v) is 6.57. The number of Topliss-reactive ketones (excluding diaryl/α,β-unsaturated/α-hetero) is 4. The molecule has 0 aromatic rings. The lowest BCUT2D eigenvalue weighted by molar-refractivity contribution is -0.138. The minimum absolute atomic E-state index is 0. The van der Waals surface area contributed by atoms with Crippen molar-refractivity contribution in [1.29, 1.82) is 0 Å². The molecule has 9 heteroatoms. The number of hydrogen-bond donors (Lipinski definition) is 0. The third-order valence-electron chi connectivity index (χ3n) is 2.47. The van der Waals surface area contributed by atoms with Crippen LogP contribution in [0.15, 0.2) is 0 Å². The monoisotopic (exact) mass is 379 g/mol. The predicted molar refractivity (Wildman–Crippen MR) is 84.4 cm³/mol. The van der Waals surface area contributed by atoms with Gasteiger partial charge in [0.2, 0.25) is 11.6 Å². The fourth-order valence-electron chi connectivity index (χ4n) is 0.906. The lowest BCUT2D eigenvalue weighted by Crippen LogP contribution is -3.00. The van der Waals surface area contributed by atoms with Gasteiger partial charge >= 0.3 is 0 Å². The number of carbonyl (C=O) groups is 4. The van der Waals surface area contributed by atoms with Crippen LogP contribution in [0.5, 0.6) is 0 Å². The summed E-state index contributed by atoms with van der Waals surface area (Å²) in [5.74, 6) is -3.48. The molecule has 4 nitrogen and oxygen atoms in total. The Morgan fingerprint density at radius 1 is 0.600 bits per heavy atom. The molecule has 0 radical (unpaired) electrons. The molecule has 0 saturated carbocycles. The van der Waals surface area contributed by atoms with Crippen molar-refractivity contribution in [3.05, 3.63) is 0 Å². The maximum absolute atomic E-state index is 11.3. The fraction of sp³-hybridized carbons (Fsp3) is 0.750. The molecule has 0 aliphatic heterocycles. The first-order chi connectivity index (χ1) is 9.89. The van der Waals surface area contributed by atoms with Crippen molar-refractivity contribution >= 4 is 23.1 Å². The average Bonchev–Trinajstić information content (AvgIpc) is 2.38. The Balaban J connectivity index is -0.0000000952. The van der Waals surface area contributed by atoms with Gasteiger partial charge in [0, 0.05) is 11.8 Å². The van der Waals surface area contributed by atoms with Gasteiger partial charge in [0.05, 0.1) is 12.8 Å². The highest BCUT2D eigenvalue weighted by Gasteiger charge is 2.24. The number of rotatable bonds is 8. The summed E-state index contributed by atoms with van der Waals surface area (Å²) in [7, 11) is 0. The van der Waals surface area contributed by atoms with Crippen LogP contribution in [0.3, 0.4) is 0 Å². The molecule has 0 N–H and O–H groups in total. The number of halogens is 5. The minimum atomic E-state index is -3.35. The van der Waals surface area contributed by atoms with Crippen LogP contribution in [0, 0.1) is 11.8 Å². The summed E-state index contributed by atoms with van der Waals surface area (Å²) < 4.78 is 45.2. The summed E-state index contributed by atoms with van der Waals surface area (Å²) in [6.45, 7) is 7.26. The molecule has 0 aliphatic rings. The molecule has 0 amide bonds. The van der Waals surface area contributed by atoms with E-state index in [1.807, 2.05) is 27.7 Å². The Morgan fingerprint density at radius 2 is 0.800 bits per heavy atom. The van der Waals surface area contributed by atoms with Gasteiger partial charge in [-0.1, -0.05) is 42.5 Å². The van der Waals surface area contributed by atoms with E-state index in [-0.39, 0.29) is 49.4 Å². The first-order valence-electron chi connectivity index (χ1n) is 6.57. The molecule has 0 aliphatic carbocycles. The number of ketones is 4. The van der Waals surface area contributed by atoms with Gasteiger partial charge in [0.1, 0.15) is 11.6 Å². The molecule has 0 unspecified atom stereocenters. The Kier molecular flexibility index (Phi) is 23.8. The van der Waals surface area contributed by atoms with Gasteiger partial charge in [0.25, 0.3) is 12.9 Å². The smallest absolute Gasteiger partial charge is 0.296 e. The second-order valence-corrected chi connectivity index (χ2v) is 5.13. The Hall–Kier alpha value is -1.67. The zero-order chi connectivity index (χ0) is 18.0. The molecule has 0 saturated heterocycles. The van der Waals surface area contributed by atoms with E-state index in [1.54, 1.807) is 0 Å². The van der Waals surface area contributed by atoms with Crippen LogP contribution >= 0.6 is 0 Å². The lowest BCUT2D eigenvalue weighted by Gasteiger charge is -2.04. The Bertz CT molecular complexity index is 333. The number of hydrogen-bond acceptors (Lipinski definition) is 4. The molecule has 0 bridgehead atoms. The predicted octanol–water partition coefficient (Wildman–Crippen LogP) is 1.15. The topological polar surface area (TPSA) is 68.3 Å². The highest BCUT2D eigenvalue weighted by molar-refractivity contribution is 6.01. The molecule has 152 valence electrons. The summed E-state index contributed by atoms with van der Waals surface area (Å²) >= 11 is 0. The maximum Gasteiger partial charge on any atom is 0.296 e. The van der Waals surface area contributed by atoms with Crippen molar-refractivity contribution in [2.75, 3.05) is 0 Å². The van der Waals surface area contributed by atoms with Gasteiger partial charge in [-0.3, -0.25) is 19.2 Å². The van der Waals surface area contributed by atoms with Crippen molar-refractivity contribution in [2.45, 2.75) is 68.2 Å². The maximum atomic E-state index is 11.3. The van der Waals surface area contributed by atoms with Gasteiger partial charge in [-0.15, -0.1) is 0 Å². The van der Waals surface area contributed by atoms with Gasteiger partial charge < -0.3 is 4.70 Å². The molecule has 0 aromatic heterocycles. The normalized spacial score (nSPS) is 9.44. The molecule has 0 aromatic carbocycles. The van der Waals surface area contributed by atoms with E-state index in [0.717, 1.165) is 0 Å². The van der Waals surface area contributed by atoms with Gasteiger partial charge in [-0.2, -0.15) is 0 Å². The summed E-state index contributed by atoms with van der Waals surface area (Å²) in [6, 6.07) is 0. The van der Waals surface area contributed by atoms with Crippen LogP contribution in [-0.4, -0.2) is 36.0 Å². The number of alkyl halides is 4. The van der Waals surface area contributed by atoms with Crippen LogP contribution < -0.4 is 4.70 Å². The highest BCUT2D eigenvalue weighted by atomic mass is 19.3. The van der Waals surface area contributed by atoms with Gasteiger partial charge in [-0.05, 0) is 0 Å². The van der Waals surface area contributed by atoms with E-state index >= 15 is 0 Å². The lowest BCUT2D eigenvalue weighted by atomic mass is 9.98. The van der Waals surface area contributed by atoms with Crippen molar-refractivity contribution in [1.82, 2.24) is 0 Å². The molecule has 0 fully saturated rings. The number of carbonyl (C=O) groups excluding carboxylic acids is 4. The second-order valence-electron chi connectivity index (χ2n) is 5.13. The SMILES string of the molecule is C.C.CC(C)C(=O)CC(=O)C(C)C.O=C(CC(=O)C(F)F)C(F)F.[F-]. The summed E-state index contributed by atoms with van der Waals surface area (Å²) in [5.41, 5.74) is 0. The zero-order valence-electron chi connectivity index (χ0n) is 13.2. The molecule has 0 heterocycles. The van der Waals surface area contributed by atoms with E-state index < -0.39 is 30.8 Å². The van der Waals surface area contributed by atoms with Gasteiger partial charge in [0.15, 0.2) is 0 Å². The van der Waals surface area contributed by atoms with Crippen molar-refractivity contribution in [2.24, 2.45) is 11.8 Å². The average molecular weight is 379 g/mol. The van der Waals surface area contributed by atoms with Gasteiger partial charge in [-0.25, -0.2) is 17.6 Å². The van der Waals surface area contributed by atoms with Crippen molar-refractivity contribution < 1.29 is 41.4 Å². The molecule has 0 rings (SSSR count). The molecule has 25 heavy (non-hydrogen) atoms. The van der Waals surface area contributed by atoms with Crippen LogP contribution in [0.1, 0.15) is 55.4 Å². The van der Waals surface area contributed by atoms with Crippen molar-refractivity contribution in [3.8, 4) is 0 Å². The Morgan fingerprint density at radius 3 is 0.960 bits per heavy atom. The molecular formula is C16H28F5O4-. The van der Waals surface area contributed by atoms with Crippen LogP contribution in [0.4, 0.5) is 17.6 Å². The molecule has 0 spiro atoms. The summed E-state index contributed by atoms with van der Waals surface area (Å²) in [5, 5.41) is 0. The third kappa shape index (κ3) is 18.5. The van der Waals surface area contributed by atoms with E-state index in [2.05, 4.69) is 0 Å². The van der Waals surface area contributed by atoms with E-state index in [0.29, 0.717) is 0 Å². The standard InChI is InChI=1S/C9H16O2.C5H4F4O2.2CH4.FH/c1-6(2)8(10)5-9(11)7(3)4;6-4(7)2(10)1-3(11)5(8)9;;;/h6-7H,5H2,1-4H3;4-5H,1H2;2*1H4;1H/p-1.